The summed E-state index contributed by atoms with van der Waals surface area (Å²) in [6.07, 6.45) is 3.24. The normalized spacial score (nSPS) is 12.6. The van der Waals surface area contributed by atoms with Crippen LogP contribution in [-0.4, -0.2) is 22.3 Å². The molecule has 0 unspecified atom stereocenters. The fourth-order valence-corrected chi connectivity index (χ4v) is 1.94. The molecule has 1 aromatic carbocycles. The Morgan fingerprint density at radius 1 is 1.37 bits per heavy atom. The van der Waals surface area contributed by atoms with Gasteiger partial charge in [-0.05, 0) is 12.1 Å². The van der Waals surface area contributed by atoms with Crippen molar-refractivity contribution in [2.45, 2.75) is 6.54 Å². The Kier molecular flexibility index (Phi) is 2.64. The maximum atomic E-state index is 11.7. The van der Waals surface area contributed by atoms with E-state index in [0.717, 1.165) is 5.56 Å². The first-order valence-corrected chi connectivity index (χ1v) is 5.74. The van der Waals surface area contributed by atoms with E-state index in [2.05, 4.69) is 15.4 Å². The van der Waals surface area contributed by atoms with Gasteiger partial charge in [-0.25, -0.2) is 4.79 Å². The quantitative estimate of drug-likeness (QED) is 0.845. The van der Waals surface area contributed by atoms with Gasteiger partial charge in [-0.1, -0.05) is 18.2 Å². The van der Waals surface area contributed by atoms with E-state index in [1.54, 1.807) is 24.7 Å². The van der Waals surface area contributed by atoms with Crippen molar-refractivity contribution in [2.24, 2.45) is 10.7 Å². The Morgan fingerprint density at radius 2 is 2.16 bits per heavy atom. The van der Waals surface area contributed by atoms with Crippen molar-refractivity contribution in [1.29, 1.82) is 0 Å². The number of rotatable bonds is 2. The molecular weight excluding hydrogens is 244 g/mol. The summed E-state index contributed by atoms with van der Waals surface area (Å²) < 4.78 is 0. The summed E-state index contributed by atoms with van der Waals surface area (Å²) in [6, 6.07) is 8.49. The Labute approximate surface area is 109 Å². The number of primary amides is 1. The van der Waals surface area contributed by atoms with E-state index in [1.807, 2.05) is 18.2 Å². The third-order valence-electron chi connectivity index (χ3n) is 2.78. The number of amides is 2. The Hall–Kier alpha value is -2.83. The number of carbonyl (C=O) groups excluding carboxylic acids is 1. The van der Waals surface area contributed by atoms with Crippen molar-refractivity contribution in [3.63, 3.8) is 0 Å². The van der Waals surface area contributed by atoms with Gasteiger partial charge in [0.05, 0.1) is 24.8 Å². The Balaban J connectivity index is 2.08. The van der Waals surface area contributed by atoms with Gasteiger partial charge < -0.3 is 11.1 Å². The lowest BCUT2D eigenvalue weighted by molar-refractivity contribution is 0.251. The van der Waals surface area contributed by atoms with Crippen LogP contribution in [-0.2, 0) is 6.54 Å². The maximum Gasteiger partial charge on any atom is 0.340 e. The zero-order valence-corrected chi connectivity index (χ0v) is 10.0. The number of nitrogens with one attached hydrogen (secondary N) is 1. The number of nitrogens with two attached hydrogens (primary N) is 1. The molecule has 0 spiro atoms. The monoisotopic (exact) mass is 256 g/mol. The molecule has 3 N–H and O–H groups in total. The lowest BCUT2D eigenvalue weighted by Crippen LogP contribution is -2.41. The maximum absolute atomic E-state index is 11.7. The summed E-state index contributed by atoms with van der Waals surface area (Å²) in [7, 11) is 0. The molecule has 7 heteroatoms. The summed E-state index contributed by atoms with van der Waals surface area (Å²) in [5.41, 5.74) is 7.01. The number of nitrogens with zero attached hydrogens (tertiary/aromatic N) is 4. The summed E-state index contributed by atoms with van der Waals surface area (Å²) in [5, 5.41) is 8.47. The number of hydrogen-bond donors (Lipinski definition) is 2. The smallest absolute Gasteiger partial charge is 0.340 e. The number of urea groups is 1. The Bertz CT molecular complexity index is 633. The van der Waals surface area contributed by atoms with Crippen LogP contribution in [0.4, 0.5) is 16.3 Å². The molecule has 1 aromatic heterocycles. The lowest BCUT2D eigenvalue weighted by Gasteiger charge is -2.22. The van der Waals surface area contributed by atoms with E-state index in [4.69, 9.17) is 5.73 Å². The van der Waals surface area contributed by atoms with E-state index in [9.17, 15) is 4.79 Å². The van der Waals surface area contributed by atoms with E-state index < -0.39 is 6.03 Å². The van der Waals surface area contributed by atoms with E-state index in [1.165, 1.54) is 9.80 Å². The fraction of sp³-hybridized carbons (Fsp3) is 0.0833. The minimum Gasteiger partial charge on any atom is -0.350 e. The number of hydrogen-bond acceptors (Lipinski definition) is 4. The van der Waals surface area contributed by atoms with Crippen LogP contribution in [0.1, 0.15) is 5.56 Å². The molecule has 1 aliphatic rings. The number of anilines is 2. The molecule has 3 rings (SSSR count). The zero-order chi connectivity index (χ0) is 13.2. The van der Waals surface area contributed by atoms with Gasteiger partial charge in [0.1, 0.15) is 0 Å². The van der Waals surface area contributed by atoms with Gasteiger partial charge in [-0.3, -0.25) is 4.99 Å². The fourth-order valence-electron chi connectivity index (χ4n) is 1.94. The van der Waals surface area contributed by atoms with Crippen LogP contribution in [0.25, 0.3) is 0 Å². The zero-order valence-electron chi connectivity index (χ0n) is 10.0. The first kappa shape index (κ1) is 11.3. The average molecular weight is 256 g/mol. The molecule has 0 saturated heterocycles. The number of fused-ring (bicyclic) bond motifs is 1. The third kappa shape index (κ3) is 1.90. The summed E-state index contributed by atoms with van der Waals surface area (Å²) in [5.74, 6) is 0.692. The second-order valence-corrected chi connectivity index (χ2v) is 4.01. The molecule has 1 aliphatic heterocycles. The van der Waals surface area contributed by atoms with Gasteiger partial charge in [0, 0.05) is 5.56 Å². The van der Waals surface area contributed by atoms with Crippen LogP contribution in [0, 0.1) is 0 Å². The molecule has 2 amide bonds. The molecule has 0 aliphatic carbocycles. The summed E-state index contributed by atoms with van der Waals surface area (Å²) in [4.78, 5) is 17.2. The molecule has 0 fully saturated rings. The highest BCUT2D eigenvalue weighted by atomic mass is 16.2. The Morgan fingerprint density at radius 3 is 2.89 bits per heavy atom. The van der Waals surface area contributed by atoms with Crippen LogP contribution in [0.3, 0.4) is 0 Å². The van der Waals surface area contributed by atoms with Gasteiger partial charge in [-0.15, -0.1) is 4.79 Å². The van der Waals surface area contributed by atoms with E-state index in [-0.39, 0.29) is 0 Å². The van der Waals surface area contributed by atoms with Crippen molar-refractivity contribution >= 4 is 23.9 Å². The minimum absolute atomic E-state index is 0.531. The number of para-hydroxylation sites is 1. The van der Waals surface area contributed by atoms with Crippen LogP contribution >= 0.6 is 0 Å². The summed E-state index contributed by atoms with van der Waals surface area (Å²) in [6.45, 7) is 0.531. The number of aliphatic imine (C=N–C) groups is 1. The van der Waals surface area contributed by atoms with Crippen LogP contribution in [0.15, 0.2) is 41.5 Å². The number of carbonyl (C=O) groups is 1. The number of aromatic nitrogens is 2. The van der Waals surface area contributed by atoms with Gasteiger partial charge in [0.2, 0.25) is 0 Å². The lowest BCUT2D eigenvalue weighted by atomic mass is 10.3. The first-order valence-electron chi connectivity index (χ1n) is 5.74. The van der Waals surface area contributed by atoms with E-state index >= 15 is 0 Å². The first-order chi connectivity index (χ1) is 9.27. The van der Waals surface area contributed by atoms with Gasteiger partial charge in [0.25, 0.3) is 0 Å². The molecule has 96 valence electrons. The van der Waals surface area contributed by atoms with Crippen molar-refractivity contribution in [3.8, 4) is 0 Å². The van der Waals surface area contributed by atoms with E-state index in [0.29, 0.717) is 18.1 Å². The standard InChI is InChI=1S/C12H12N6O/c13-12(19)17(10-4-2-1-3-5-10)18-11-9(7-16-18)6-14-8-15-11/h1-5,7-8H,6H2,(H2,13,19)(H,14,15). The van der Waals surface area contributed by atoms with Crippen LogP contribution in [0.5, 0.6) is 0 Å². The molecule has 2 aromatic rings. The molecule has 0 radical (unpaired) electrons. The van der Waals surface area contributed by atoms with Gasteiger partial charge in [0.15, 0.2) is 5.82 Å². The predicted molar refractivity (Wildman–Crippen MR) is 71.9 cm³/mol. The molecule has 0 saturated carbocycles. The van der Waals surface area contributed by atoms with Crippen LogP contribution < -0.4 is 16.1 Å². The minimum atomic E-state index is -0.610. The third-order valence-corrected chi connectivity index (χ3v) is 2.78. The van der Waals surface area contributed by atoms with Gasteiger partial charge >= 0.3 is 6.03 Å². The molecule has 0 bridgehead atoms. The molecule has 19 heavy (non-hydrogen) atoms. The topological polar surface area (TPSA) is 88.5 Å². The molecule has 2 heterocycles. The molecular formula is C12H12N6O. The molecule has 0 atom stereocenters. The van der Waals surface area contributed by atoms with Crippen molar-refractivity contribution < 1.29 is 4.79 Å². The SMILES string of the molecule is NC(=O)N(c1ccccc1)n1ncc2c1NC=NC2. The van der Waals surface area contributed by atoms with Crippen molar-refractivity contribution in [1.82, 2.24) is 9.89 Å². The van der Waals surface area contributed by atoms with Gasteiger partial charge in [-0.2, -0.15) is 10.1 Å². The van der Waals surface area contributed by atoms with Crippen molar-refractivity contribution in [3.05, 3.63) is 42.1 Å². The highest BCUT2D eigenvalue weighted by molar-refractivity contribution is 5.91. The predicted octanol–water partition coefficient (Wildman–Crippen LogP) is 1.19. The largest absolute Gasteiger partial charge is 0.350 e. The highest BCUT2D eigenvalue weighted by Gasteiger charge is 2.21. The average Bonchev–Trinajstić information content (AvgIpc) is 2.84. The van der Waals surface area contributed by atoms with Crippen LogP contribution in [0.2, 0.25) is 0 Å². The second kappa shape index (κ2) is 4.45. The second-order valence-electron chi connectivity index (χ2n) is 4.01. The summed E-state index contributed by atoms with van der Waals surface area (Å²) >= 11 is 0. The number of benzene rings is 1. The highest BCUT2D eigenvalue weighted by Crippen LogP contribution is 2.23. The molecule has 7 nitrogen and oxygen atoms in total. The van der Waals surface area contributed by atoms with Crippen molar-refractivity contribution in [2.75, 3.05) is 10.3 Å².